The molecule has 1 heterocycles. The molecule has 0 unspecified atom stereocenters. The standard InChI is InChI=1S/C19H20N4O5/c1-4-22(2)18(26)14-9-13(15(24)10-16(14)25)17-20-21-19(27)23(17)11-6-5-7-12(8-11)28-3/h5-10,24-25H,4H2,1-3H3,(H,21,27). The van der Waals surface area contributed by atoms with Gasteiger partial charge in [0.15, 0.2) is 5.82 Å². The third-order valence-electron chi connectivity index (χ3n) is 4.36. The minimum absolute atomic E-state index is 0.00293. The Kier molecular flexibility index (Phi) is 5.08. The Hall–Kier alpha value is -3.75. The Balaban J connectivity index is 2.19. The van der Waals surface area contributed by atoms with Gasteiger partial charge in [0, 0.05) is 25.7 Å². The molecular weight excluding hydrogens is 364 g/mol. The second-order valence-corrected chi connectivity index (χ2v) is 6.07. The number of phenols is 2. The molecule has 0 saturated heterocycles. The molecule has 0 saturated carbocycles. The molecule has 146 valence electrons. The van der Waals surface area contributed by atoms with E-state index in [9.17, 15) is 20.1 Å². The van der Waals surface area contributed by atoms with E-state index in [4.69, 9.17) is 4.74 Å². The van der Waals surface area contributed by atoms with Gasteiger partial charge in [0.05, 0.1) is 23.9 Å². The summed E-state index contributed by atoms with van der Waals surface area (Å²) in [5.41, 5.74) is 0.612. The maximum atomic E-state index is 12.5. The lowest BCUT2D eigenvalue weighted by Gasteiger charge is -2.17. The first kappa shape index (κ1) is 19.0. The topological polar surface area (TPSA) is 121 Å². The Labute approximate surface area is 161 Å². The second-order valence-electron chi connectivity index (χ2n) is 6.07. The molecule has 0 fully saturated rings. The number of methoxy groups -OCH3 is 1. The zero-order chi connectivity index (χ0) is 20.4. The molecule has 1 amide bonds. The van der Waals surface area contributed by atoms with Crippen LogP contribution in [0.1, 0.15) is 17.3 Å². The molecule has 0 aliphatic heterocycles. The summed E-state index contributed by atoms with van der Waals surface area (Å²) in [6.45, 7) is 2.24. The van der Waals surface area contributed by atoms with Gasteiger partial charge in [-0.2, -0.15) is 0 Å². The number of carbonyl (C=O) groups excluding carboxylic acids is 1. The van der Waals surface area contributed by atoms with Crippen LogP contribution in [0, 0.1) is 0 Å². The van der Waals surface area contributed by atoms with Gasteiger partial charge in [-0.25, -0.2) is 4.57 Å². The van der Waals surface area contributed by atoms with Crippen molar-refractivity contribution in [3.05, 3.63) is 42.0 Å². The highest BCUT2D eigenvalue weighted by Crippen LogP contribution is 2.37. The Morgan fingerprint density at radius 3 is 2.57 bits per heavy atom. The monoisotopic (exact) mass is 384 g/mol. The Morgan fingerprint density at radius 2 is 1.89 bits per heavy atom. The fourth-order valence-corrected chi connectivity index (χ4v) is 2.71. The number of hydrogen-bond acceptors (Lipinski definition) is 7. The molecule has 1 aromatic heterocycles. The van der Waals surface area contributed by atoms with Gasteiger partial charge < -0.3 is 25.0 Å². The van der Waals surface area contributed by atoms with Crippen LogP contribution in [0.2, 0.25) is 0 Å². The lowest BCUT2D eigenvalue weighted by Crippen LogP contribution is -2.26. The number of rotatable bonds is 5. The lowest BCUT2D eigenvalue weighted by atomic mass is 10.1. The molecule has 9 nitrogen and oxygen atoms in total. The van der Waals surface area contributed by atoms with E-state index in [-0.39, 0.29) is 28.5 Å². The van der Waals surface area contributed by atoms with Gasteiger partial charge in [0.1, 0.15) is 17.2 Å². The van der Waals surface area contributed by atoms with Gasteiger partial charge in [-0.1, -0.05) is 11.2 Å². The Morgan fingerprint density at radius 1 is 1.14 bits per heavy atom. The molecule has 0 radical (unpaired) electrons. The van der Waals surface area contributed by atoms with E-state index in [1.807, 2.05) is 0 Å². The van der Waals surface area contributed by atoms with Gasteiger partial charge in [-0.05, 0) is 25.1 Å². The average molecular weight is 384 g/mol. The van der Waals surface area contributed by atoms with Crippen LogP contribution in [0.5, 0.6) is 23.3 Å². The van der Waals surface area contributed by atoms with E-state index in [0.29, 0.717) is 18.0 Å². The van der Waals surface area contributed by atoms with E-state index in [1.165, 1.54) is 22.6 Å². The number of aromatic nitrogens is 3. The van der Waals surface area contributed by atoms with Gasteiger partial charge in [0.2, 0.25) is 0 Å². The summed E-state index contributed by atoms with van der Waals surface area (Å²) in [6.07, 6.45) is 0. The summed E-state index contributed by atoms with van der Waals surface area (Å²) in [6, 6.07) is 8.78. The van der Waals surface area contributed by atoms with Crippen molar-refractivity contribution in [1.29, 1.82) is 0 Å². The zero-order valence-corrected chi connectivity index (χ0v) is 15.6. The van der Waals surface area contributed by atoms with Crippen LogP contribution in [-0.2, 0) is 0 Å². The first-order valence-corrected chi connectivity index (χ1v) is 8.48. The fourth-order valence-electron chi connectivity index (χ4n) is 2.71. The molecule has 0 aliphatic rings. The zero-order valence-electron chi connectivity index (χ0n) is 15.6. The van der Waals surface area contributed by atoms with Crippen molar-refractivity contribution in [2.75, 3.05) is 20.7 Å². The largest absolute Gasteiger partial charge is 0.507 e. The highest BCUT2D eigenvalue weighted by atomic mass is 16.5. The van der Waals surface area contributed by atoms with Crippen molar-refractivity contribution < 1.29 is 24.9 Å². The third-order valence-corrected chi connectivity index (χ3v) is 4.36. The molecule has 0 bridgehead atoms. The summed E-state index contributed by atoms with van der Waals surface area (Å²) in [4.78, 5) is 13.9. The summed E-state index contributed by atoms with van der Waals surface area (Å²) in [5, 5.41) is 38.3. The number of aromatic hydroxyl groups is 3. The van der Waals surface area contributed by atoms with Gasteiger partial charge >= 0.3 is 6.01 Å². The van der Waals surface area contributed by atoms with Gasteiger partial charge in [-0.3, -0.25) is 4.79 Å². The third kappa shape index (κ3) is 3.29. The van der Waals surface area contributed by atoms with Gasteiger partial charge in [0.25, 0.3) is 5.91 Å². The van der Waals surface area contributed by atoms with Crippen molar-refractivity contribution in [2.24, 2.45) is 0 Å². The van der Waals surface area contributed by atoms with Crippen LogP contribution in [0.4, 0.5) is 0 Å². The van der Waals surface area contributed by atoms with Crippen molar-refractivity contribution in [2.45, 2.75) is 6.92 Å². The van der Waals surface area contributed by atoms with E-state index in [0.717, 1.165) is 6.07 Å². The highest BCUT2D eigenvalue weighted by molar-refractivity contribution is 5.98. The number of amides is 1. The van der Waals surface area contributed by atoms with E-state index in [2.05, 4.69) is 10.2 Å². The number of benzene rings is 2. The van der Waals surface area contributed by atoms with Crippen LogP contribution in [0.3, 0.4) is 0 Å². The maximum absolute atomic E-state index is 12.5. The van der Waals surface area contributed by atoms with Crippen LogP contribution in [0.25, 0.3) is 17.1 Å². The summed E-state index contributed by atoms with van der Waals surface area (Å²) >= 11 is 0. The van der Waals surface area contributed by atoms with Crippen molar-refractivity contribution in [3.63, 3.8) is 0 Å². The number of hydrogen-bond donors (Lipinski definition) is 3. The minimum atomic E-state index is -0.419. The molecule has 3 N–H and O–H groups in total. The molecule has 28 heavy (non-hydrogen) atoms. The van der Waals surface area contributed by atoms with E-state index < -0.39 is 11.9 Å². The minimum Gasteiger partial charge on any atom is -0.507 e. The lowest BCUT2D eigenvalue weighted by molar-refractivity contribution is 0.0799. The number of phenolic OH excluding ortho intramolecular Hbond substituents is 2. The molecule has 2 aromatic carbocycles. The fraction of sp³-hybridized carbons (Fsp3) is 0.211. The Bertz CT molecular complexity index is 1030. The van der Waals surface area contributed by atoms with E-state index in [1.54, 1.807) is 38.2 Å². The molecule has 9 heteroatoms. The van der Waals surface area contributed by atoms with Crippen LogP contribution in [-0.4, -0.2) is 61.6 Å². The maximum Gasteiger partial charge on any atom is 0.319 e. The number of ether oxygens (including phenoxy) is 1. The number of carbonyl (C=O) groups is 1. The summed E-state index contributed by atoms with van der Waals surface area (Å²) < 4.78 is 6.50. The van der Waals surface area contributed by atoms with Gasteiger partial charge in [-0.15, -0.1) is 5.10 Å². The average Bonchev–Trinajstić information content (AvgIpc) is 3.08. The molecule has 0 spiro atoms. The quantitative estimate of drug-likeness (QED) is 0.616. The predicted octanol–water partition coefficient (Wildman–Crippen LogP) is 2.15. The second kappa shape index (κ2) is 7.47. The normalized spacial score (nSPS) is 10.7. The van der Waals surface area contributed by atoms with Crippen molar-refractivity contribution in [1.82, 2.24) is 19.7 Å². The van der Waals surface area contributed by atoms with Crippen LogP contribution < -0.4 is 4.74 Å². The first-order chi connectivity index (χ1) is 13.4. The summed E-state index contributed by atoms with van der Waals surface area (Å²) in [5.74, 6) is -0.450. The van der Waals surface area contributed by atoms with E-state index >= 15 is 0 Å². The number of nitrogens with zero attached hydrogens (tertiary/aromatic N) is 4. The van der Waals surface area contributed by atoms with Crippen molar-refractivity contribution in [3.8, 4) is 40.3 Å². The SMILES string of the molecule is CCN(C)C(=O)c1cc(-c2nnc(O)n2-c2cccc(OC)c2)c(O)cc1O. The predicted molar refractivity (Wildman–Crippen MR) is 101 cm³/mol. The van der Waals surface area contributed by atoms with Crippen LogP contribution in [0.15, 0.2) is 36.4 Å². The molecular formula is C19H20N4O5. The van der Waals surface area contributed by atoms with Crippen LogP contribution >= 0.6 is 0 Å². The molecule has 3 rings (SSSR count). The molecule has 3 aromatic rings. The molecule has 0 aliphatic carbocycles. The highest BCUT2D eigenvalue weighted by Gasteiger charge is 2.23. The summed E-state index contributed by atoms with van der Waals surface area (Å²) in [7, 11) is 3.11. The smallest absolute Gasteiger partial charge is 0.319 e. The molecule has 0 atom stereocenters. The first-order valence-electron chi connectivity index (χ1n) is 8.48. The van der Waals surface area contributed by atoms with Crippen molar-refractivity contribution >= 4 is 5.91 Å².